The van der Waals surface area contributed by atoms with E-state index in [0.717, 1.165) is 24.1 Å². The van der Waals surface area contributed by atoms with Crippen molar-refractivity contribution in [2.45, 2.75) is 49.1 Å². The summed E-state index contributed by atoms with van der Waals surface area (Å²) in [6, 6.07) is 7.27. The first-order valence-electron chi connectivity index (χ1n) is 9.79. The van der Waals surface area contributed by atoms with E-state index in [1.165, 1.54) is 22.3 Å². The van der Waals surface area contributed by atoms with Crippen LogP contribution in [0.2, 0.25) is 0 Å². The minimum atomic E-state index is -3.48. The van der Waals surface area contributed by atoms with E-state index in [2.05, 4.69) is 24.1 Å². The lowest BCUT2D eigenvalue weighted by Crippen LogP contribution is -2.35. The van der Waals surface area contributed by atoms with E-state index in [1.54, 1.807) is 23.5 Å². The van der Waals surface area contributed by atoms with Gasteiger partial charge < -0.3 is 5.32 Å². The van der Waals surface area contributed by atoms with Gasteiger partial charge >= 0.3 is 0 Å². The van der Waals surface area contributed by atoms with Gasteiger partial charge in [-0.3, -0.25) is 4.79 Å². The molecule has 9 heteroatoms. The van der Waals surface area contributed by atoms with Gasteiger partial charge in [-0.1, -0.05) is 38.1 Å². The van der Waals surface area contributed by atoms with Gasteiger partial charge in [-0.2, -0.15) is 4.31 Å². The molecule has 1 fully saturated rings. The van der Waals surface area contributed by atoms with Crippen molar-refractivity contribution in [2.75, 3.05) is 18.8 Å². The van der Waals surface area contributed by atoms with Gasteiger partial charge in [-0.15, -0.1) is 11.3 Å². The number of nitrogens with zero attached hydrogens (tertiary/aromatic N) is 2. The number of rotatable bonds is 8. The third kappa shape index (κ3) is 5.81. The van der Waals surface area contributed by atoms with Crippen LogP contribution in [0.15, 0.2) is 45.8 Å². The van der Waals surface area contributed by atoms with Crippen LogP contribution in [-0.4, -0.2) is 42.5 Å². The number of thiophene rings is 1. The second kappa shape index (κ2) is 10.1. The maximum absolute atomic E-state index is 12.7. The van der Waals surface area contributed by atoms with Crippen molar-refractivity contribution < 1.29 is 13.2 Å². The summed E-state index contributed by atoms with van der Waals surface area (Å²) in [6.45, 7) is 5.31. The van der Waals surface area contributed by atoms with E-state index < -0.39 is 10.0 Å². The largest absolute Gasteiger partial charge is 0.347 e. The summed E-state index contributed by atoms with van der Waals surface area (Å²) in [5.74, 6) is 0.466. The molecule has 3 rings (SSSR count). The Morgan fingerprint density at radius 1 is 1.24 bits per heavy atom. The fourth-order valence-corrected chi connectivity index (χ4v) is 6.31. The molecule has 0 bridgehead atoms. The first-order chi connectivity index (χ1) is 13.9. The van der Waals surface area contributed by atoms with Gasteiger partial charge in [0.05, 0.1) is 16.8 Å². The lowest BCUT2D eigenvalue weighted by Gasteiger charge is -2.25. The Labute approximate surface area is 181 Å². The number of pyridine rings is 1. The smallest absolute Gasteiger partial charge is 0.244 e. The molecule has 1 atom stereocenters. The number of hydrogen-bond acceptors (Lipinski definition) is 6. The number of sulfonamides is 1. The molecule has 158 valence electrons. The molecule has 1 saturated heterocycles. The number of thioether (sulfide) groups is 1. The topological polar surface area (TPSA) is 79.4 Å². The molecule has 2 aromatic heterocycles. The number of amides is 1. The highest BCUT2D eigenvalue weighted by atomic mass is 32.2. The zero-order valence-corrected chi connectivity index (χ0v) is 19.2. The van der Waals surface area contributed by atoms with Gasteiger partial charge in [0.15, 0.2) is 0 Å². The third-order valence-electron chi connectivity index (χ3n) is 4.85. The Bertz CT molecular complexity index is 891. The molecule has 1 aliphatic rings. The average molecular weight is 454 g/mol. The van der Waals surface area contributed by atoms with Crippen LogP contribution in [-0.2, 0) is 14.8 Å². The van der Waals surface area contributed by atoms with Crippen LogP contribution < -0.4 is 5.32 Å². The molecule has 3 heterocycles. The van der Waals surface area contributed by atoms with Crippen molar-refractivity contribution in [3.63, 3.8) is 0 Å². The van der Waals surface area contributed by atoms with E-state index in [4.69, 9.17) is 0 Å². The average Bonchev–Trinajstić information content (AvgIpc) is 3.25. The normalized spacial score (nSPS) is 16.7. The minimum Gasteiger partial charge on any atom is -0.347 e. The fraction of sp³-hybridized carbons (Fsp3) is 0.500. The highest BCUT2D eigenvalue weighted by Crippen LogP contribution is 2.26. The highest BCUT2D eigenvalue weighted by molar-refractivity contribution is 7.99. The minimum absolute atomic E-state index is 0.00637. The van der Waals surface area contributed by atoms with Gasteiger partial charge in [0, 0.05) is 24.2 Å². The molecule has 29 heavy (non-hydrogen) atoms. The standard InChI is InChI=1S/C20H27N3O3S3/c1-15(2)20(17-7-6-12-27-17)22-18(24)14-28-19-9-8-16(13-21-19)29(25,26)23-10-4-3-5-11-23/h6-9,12-13,15,20H,3-5,10-11,14H2,1-2H3,(H,22,24). The molecule has 0 radical (unpaired) electrons. The molecule has 0 saturated carbocycles. The van der Waals surface area contributed by atoms with Crippen LogP contribution >= 0.6 is 23.1 Å². The zero-order chi connectivity index (χ0) is 20.9. The van der Waals surface area contributed by atoms with Crippen LogP contribution in [0.25, 0.3) is 0 Å². The number of hydrogen-bond donors (Lipinski definition) is 1. The Morgan fingerprint density at radius 2 is 2.00 bits per heavy atom. The third-order valence-corrected chi connectivity index (χ3v) is 8.63. The van der Waals surface area contributed by atoms with Crippen molar-refractivity contribution in [3.05, 3.63) is 40.7 Å². The summed E-state index contributed by atoms with van der Waals surface area (Å²) in [7, 11) is -3.48. The Hall–Kier alpha value is -1.42. The second-order valence-electron chi connectivity index (χ2n) is 7.39. The van der Waals surface area contributed by atoms with E-state index in [0.29, 0.717) is 24.0 Å². The summed E-state index contributed by atoms with van der Waals surface area (Å²) in [4.78, 5) is 18.0. The monoisotopic (exact) mass is 453 g/mol. The van der Waals surface area contributed by atoms with Gasteiger partial charge in [-0.25, -0.2) is 13.4 Å². The first-order valence-corrected chi connectivity index (χ1v) is 13.1. The molecule has 1 amide bonds. The molecule has 1 N–H and O–H groups in total. The maximum Gasteiger partial charge on any atom is 0.244 e. The Kier molecular flexibility index (Phi) is 7.72. The lowest BCUT2D eigenvalue weighted by molar-refractivity contribution is -0.119. The number of carbonyl (C=O) groups excluding carboxylic acids is 1. The van der Waals surface area contributed by atoms with Crippen LogP contribution in [0.4, 0.5) is 0 Å². The van der Waals surface area contributed by atoms with Gasteiger partial charge in [0.2, 0.25) is 15.9 Å². The lowest BCUT2D eigenvalue weighted by atomic mass is 10.0. The summed E-state index contributed by atoms with van der Waals surface area (Å²) in [5, 5.41) is 5.73. The van der Waals surface area contributed by atoms with Crippen LogP contribution in [0.1, 0.15) is 44.0 Å². The molecule has 1 unspecified atom stereocenters. The number of aromatic nitrogens is 1. The van der Waals surface area contributed by atoms with Gasteiger partial charge in [0.1, 0.15) is 4.90 Å². The van der Waals surface area contributed by atoms with Crippen molar-refractivity contribution in [3.8, 4) is 0 Å². The summed E-state index contributed by atoms with van der Waals surface area (Å²) in [6.07, 6.45) is 4.27. The summed E-state index contributed by atoms with van der Waals surface area (Å²) >= 11 is 2.94. The van der Waals surface area contributed by atoms with Crippen LogP contribution in [0.5, 0.6) is 0 Å². The van der Waals surface area contributed by atoms with E-state index in [-0.39, 0.29) is 22.6 Å². The molecule has 2 aromatic rings. The predicted octanol–water partition coefficient (Wildman–Crippen LogP) is 3.92. The van der Waals surface area contributed by atoms with Crippen molar-refractivity contribution in [1.29, 1.82) is 0 Å². The number of piperidine rings is 1. The number of carbonyl (C=O) groups is 1. The summed E-state index contributed by atoms with van der Waals surface area (Å²) in [5.41, 5.74) is 0. The van der Waals surface area contributed by atoms with Crippen molar-refractivity contribution in [1.82, 2.24) is 14.6 Å². The van der Waals surface area contributed by atoms with Crippen molar-refractivity contribution in [2.24, 2.45) is 5.92 Å². The van der Waals surface area contributed by atoms with Gasteiger partial charge in [-0.05, 0) is 42.3 Å². The molecule has 0 aliphatic carbocycles. The van der Waals surface area contributed by atoms with Crippen molar-refractivity contribution >= 4 is 39.0 Å². The molecule has 6 nitrogen and oxygen atoms in total. The first kappa shape index (κ1) is 22.3. The molecule has 0 spiro atoms. The van der Waals surface area contributed by atoms with E-state index in [1.807, 2.05) is 17.5 Å². The second-order valence-corrected chi connectivity index (χ2v) is 11.3. The van der Waals surface area contributed by atoms with Gasteiger partial charge in [0.25, 0.3) is 0 Å². The number of nitrogens with one attached hydrogen (secondary N) is 1. The molecule has 0 aromatic carbocycles. The zero-order valence-electron chi connectivity index (χ0n) is 16.7. The Balaban J connectivity index is 1.56. The molecular weight excluding hydrogens is 426 g/mol. The predicted molar refractivity (Wildman–Crippen MR) is 118 cm³/mol. The quantitative estimate of drug-likeness (QED) is 0.613. The fourth-order valence-electron chi connectivity index (χ4n) is 3.25. The van der Waals surface area contributed by atoms with E-state index >= 15 is 0 Å². The maximum atomic E-state index is 12.7. The SMILES string of the molecule is CC(C)C(NC(=O)CSc1ccc(S(=O)(=O)N2CCCCC2)cn1)c1cccs1. The molecular formula is C20H27N3O3S3. The van der Waals surface area contributed by atoms with Crippen LogP contribution in [0, 0.1) is 5.92 Å². The van der Waals surface area contributed by atoms with E-state index in [9.17, 15) is 13.2 Å². The molecule has 1 aliphatic heterocycles. The highest BCUT2D eigenvalue weighted by Gasteiger charge is 2.26. The summed E-state index contributed by atoms with van der Waals surface area (Å²) < 4.78 is 26.9. The van der Waals surface area contributed by atoms with Crippen LogP contribution in [0.3, 0.4) is 0 Å². The Morgan fingerprint density at radius 3 is 2.59 bits per heavy atom.